The quantitative estimate of drug-likeness (QED) is 0.426. The van der Waals surface area contributed by atoms with E-state index in [0.29, 0.717) is 0 Å². The topological polar surface area (TPSA) is 0 Å². The number of halogens is 2. The molecule has 0 spiro atoms. The number of hydrogen-bond acceptors (Lipinski definition) is 0. The predicted octanol–water partition coefficient (Wildman–Crippen LogP) is -0.619. The third-order valence-corrected chi connectivity index (χ3v) is 3.39. The number of fused-ring (bicyclic) bond motifs is 3. The Bertz CT molecular complexity index is 731. The molecule has 1 aliphatic carbocycles. The maximum atomic E-state index is 3.34. The van der Waals surface area contributed by atoms with Gasteiger partial charge in [0.2, 0.25) is 0 Å². The van der Waals surface area contributed by atoms with E-state index in [2.05, 4.69) is 77.9 Å². The molecule has 0 fully saturated rings. The smallest absolute Gasteiger partial charge is 0.0771 e. The van der Waals surface area contributed by atoms with Crippen LogP contribution in [0.5, 0.6) is 0 Å². The molecule has 3 aromatic rings. The molecule has 4 rings (SSSR count). The molecular formula is C20H18Cl2Zr-2. The van der Waals surface area contributed by atoms with Crippen molar-refractivity contribution >= 4 is 25.8 Å². The average molecular weight is 420 g/mol. The number of rotatable bonds is 0. The van der Waals surface area contributed by atoms with Gasteiger partial charge >= 0.3 is 28.4 Å². The van der Waals surface area contributed by atoms with Gasteiger partial charge in [0, 0.05) is 0 Å². The second-order valence-corrected chi connectivity index (χ2v) is 4.82. The summed E-state index contributed by atoms with van der Waals surface area (Å²) in [7, 11) is 0. The van der Waals surface area contributed by atoms with Crippen molar-refractivity contribution in [3.63, 3.8) is 0 Å². The van der Waals surface area contributed by atoms with E-state index in [1.165, 1.54) is 51.4 Å². The van der Waals surface area contributed by atoms with E-state index in [1.54, 1.807) is 0 Å². The van der Waals surface area contributed by atoms with Crippen molar-refractivity contribution in [1.82, 2.24) is 0 Å². The van der Waals surface area contributed by atoms with E-state index in [9.17, 15) is 0 Å². The van der Waals surface area contributed by atoms with Crippen LogP contribution in [0.15, 0.2) is 72.3 Å². The second kappa shape index (κ2) is 11.6. The molecule has 0 saturated carbocycles. The molecular weight excluding hydrogens is 402 g/mol. The summed E-state index contributed by atoms with van der Waals surface area (Å²) in [6, 6.07) is 19.3. The zero-order valence-corrected chi connectivity index (χ0v) is 17.0. The molecule has 0 aliphatic heterocycles. The molecule has 0 saturated heterocycles. The van der Waals surface area contributed by atoms with Crippen LogP contribution in [-0.4, -0.2) is 4.21 Å². The summed E-state index contributed by atoms with van der Waals surface area (Å²) in [4.78, 5) is 0. The van der Waals surface area contributed by atoms with E-state index in [0.717, 1.165) is 6.42 Å². The van der Waals surface area contributed by atoms with E-state index in [1.807, 2.05) is 6.08 Å². The molecule has 0 N–H and O–H groups in total. The number of allylic oxidation sites excluding steroid dienone is 4. The van der Waals surface area contributed by atoms with Crippen molar-refractivity contribution in [3.05, 3.63) is 78.4 Å². The fourth-order valence-corrected chi connectivity index (χ4v) is 2.40. The Morgan fingerprint density at radius 2 is 1.39 bits per heavy atom. The third-order valence-electron chi connectivity index (χ3n) is 3.39. The molecule has 0 aromatic heterocycles. The third kappa shape index (κ3) is 5.92. The Morgan fingerprint density at radius 3 is 1.74 bits per heavy atom. The van der Waals surface area contributed by atoms with Crippen molar-refractivity contribution in [3.8, 4) is 0 Å². The van der Waals surface area contributed by atoms with Gasteiger partial charge in [0.05, 0.1) is 0 Å². The minimum Gasteiger partial charge on any atom is -1.00 e. The largest absolute Gasteiger partial charge is 1.00 e. The van der Waals surface area contributed by atoms with Crippen molar-refractivity contribution in [2.45, 2.75) is 13.3 Å². The van der Waals surface area contributed by atoms with Crippen molar-refractivity contribution < 1.29 is 49.0 Å². The van der Waals surface area contributed by atoms with Gasteiger partial charge in [-0.15, -0.1) is 53.1 Å². The molecule has 0 atom stereocenters. The SMILES string of the molecule is CC1=CC[C-]=C1.[CH2]=[Zr+2].[Cl-].[Cl-].c1ccc2c(c1)[cH-]c1ccccc12. The molecule has 23 heavy (non-hydrogen) atoms. The zero-order valence-electron chi connectivity index (χ0n) is 13.0. The molecule has 0 nitrogen and oxygen atoms in total. The summed E-state index contributed by atoms with van der Waals surface area (Å²) in [6.45, 7) is 2.08. The molecule has 3 aromatic carbocycles. The molecule has 0 amide bonds. The Labute approximate surface area is 165 Å². The summed E-state index contributed by atoms with van der Waals surface area (Å²) >= 11 is 1.30. The molecule has 1 aliphatic rings. The second-order valence-electron chi connectivity index (χ2n) is 4.82. The number of hydrogen-bond donors (Lipinski definition) is 0. The van der Waals surface area contributed by atoms with E-state index < -0.39 is 0 Å². The molecule has 0 unspecified atom stereocenters. The average Bonchev–Trinajstić information content (AvgIpc) is 3.16. The van der Waals surface area contributed by atoms with Gasteiger partial charge < -0.3 is 24.8 Å². The van der Waals surface area contributed by atoms with Gasteiger partial charge in [0.15, 0.2) is 0 Å². The van der Waals surface area contributed by atoms with Gasteiger partial charge in [-0.05, 0) is 0 Å². The summed E-state index contributed by atoms with van der Waals surface area (Å²) < 4.78 is 3.34. The van der Waals surface area contributed by atoms with Gasteiger partial charge in [0.25, 0.3) is 0 Å². The Balaban J connectivity index is 0.000000418. The standard InChI is InChI=1S/C13H9.C6H7.CH2.2ClH.Zr/c1-3-7-12-10(5-1)9-11-6-2-4-8-13(11)12;1-6-4-2-3-5-6;;;;/h1-9H;4-5H,2H2,1H3;1H2;2*1H;/q2*-1;;;;+2/p-2. The first-order valence-corrected chi connectivity index (χ1v) is 8.70. The zero-order chi connectivity index (χ0) is 15.1. The summed E-state index contributed by atoms with van der Waals surface area (Å²) in [6.07, 6.45) is 8.24. The Morgan fingerprint density at radius 1 is 0.913 bits per heavy atom. The van der Waals surface area contributed by atoms with Crippen LogP contribution in [-0.2, 0) is 24.2 Å². The van der Waals surface area contributed by atoms with E-state index in [-0.39, 0.29) is 24.8 Å². The van der Waals surface area contributed by atoms with Crippen molar-refractivity contribution in [2.75, 3.05) is 0 Å². The van der Waals surface area contributed by atoms with Gasteiger partial charge in [0.1, 0.15) is 0 Å². The van der Waals surface area contributed by atoms with Crippen LogP contribution in [0.2, 0.25) is 0 Å². The molecule has 0 bridgehead atoms. The van der Waals surface area contributed by atoms with Crippen LogP contribution in [0.3, 0.4) is 0 Å². The molecule has 0 radical (unpaired) electrons. The predicted molar refractivity (Wildman–Crippen MR) is 90.4 cm³/mol. The maximum absolute atomic E-state index is 3.34. The first kappa shape index (κ1) is 22.1. The van der Waals surface area contributed by atoms with Crippen LogP contribution >= 0.6 is 0 Å². The Hall–Kier alpha value is -0.877. The summed E-state index contributed by atoms with van der Waals surface area (Å²) in [5.74, 6) is 0. The first-order chi connectivity index (χ1) is 10.3. The molecule has 3 heteroatoms. The van der Waals surface area contributed by atoms with Gasteiger partial charge in [-0.1, -0.05) is 36.4 Å². The fourth-order valence-electron chi connectivity index (χ4n) is 2.40. The minimum atomic E-state index is 0. The summed E-state index contributed by atoms with van der Waals surface area (Å²) in [5.41, 5.74) is 1.34. The Kier molecular flexibility index (Phi) is 11.2. The van der Waals surface area contributed by atoms with Gasteiger partial charge in [-0.3, -0.25) is 6.08 Å². The van der Waals surface area contributed by atoms with Gasteiger partial charge in [-0.25, -0.2) is 11.6 Å². The van der Waals surface area contributed by atoms with E-state index >= 15 is 0 Å². The summed E-state index contributed by atoms with van der Waals surface area (Å²) in [5, 5.41) is 5.39. The fraction of sp³-hybridized carbons (Fsp3) is 0.100. The van der Waals surface area contributed by atoms with Crippen LogP contribution in [0.4, 0.5) is 0 Å². The van der Waals surface area contributed by atoms with Crippen LogP contribution in [0.25, 0.3) is 21.5 Å². The normalized spacial score (nSPS) is 11.3. The number of benzene rings is 2. The van der Waals surface area contributed by atoms with Crippen LogP contribution in [0, 0.1) is 6.08 Å². The minimum absolute atomic E-state index is 0. The monoisotopic (exact) mass is 418 g/mol. The maximum Gasteiger partial charge on any atom is -0.0771 e. The van der Waals surface area contributed by atoms with Crippen LogP contribution < -0.4 is 24.8 Å². The van der Waals surface area contributed by atoms with Crippen molar-refractivity contribution in [1.29, 1.82) is 0 Å². The van der Waals surface area contributed by atoms with Crippen LogP contribution in [0.1, 0.15) is 13.3 Å². The van der Waals surface area contributed by atoms with Gasteiger partial charge in [-0.2, -0.15) is 6.08 Å². The first-order valence-electron chi connectivity index (χ1n) is 6.96. The molecule has 118 valence electrons. The van der Waals surface area contributed by atoms with Crippen molar-refractivity contribution in [2.24, 2.45) is 0 Å². The van der Waals surface area contributed by atoms with E-state index in [4.69, 9.17) is 0 Å². The molecule has 0 heterocycles.